The molecule has 1 fully saturated rings. The molecule has 1 aromatic heterocycles. The molecule has 1 aliphatic carbocycles. The largest absolute Gasteiger partial charge is 0.266 e. The first-order chi connectivity index (χ1) is 9.05. The van der Waals surface area contributed by atoms with Gasteiger partial charge >= 0.3 is 0 Å². The predicted octanol–water partition coefficient (Wildman–Crippen LogP) is 1.78. The van der Waals surface area contributed by atoms with Crippen LogP contribution in [-0.4, -0.2) is 23.5 Å². The summed E-state index contributed by atoms with van der Waals surface area (Å²) in [6.45, 7) is 0. The molecule has 1 unspecified atom stereocenters. The molecule has 1 aromatic carbocycles. The molecule has 0 amide bonds. The molecule has 0 spiro atoms. The van der Waals surface area contributed by atoms with Crippen molar-refractivity contribution in [1.29, 1.82) is 0 Å². The van der Waals surface area contributed by atoms with Crippen molar-refractivity contribution in [2.75, 3.05) is 0 Å². The van der Waals surface area contributed by atoms with Gasteiger partial charge < -0.3 is 0 Å². The van der Waals surface area contributed by atoms with Gasteiger partial charge in [-0.1, -0.05) is 35.8 Å². The van der Waals surface area contributed by atoms with E-state index in [4.69, 9.17) is 0 Å². The summed E-state index contributed by atoms with van der Waals surface area (Å²) in [5.41, 5.74) is 2.10. The van der Waals surface area contributed by atoms with Crippen molar-refractivity contribution < 1.29 is 8.78 Å². The highest BCUT2D eigenvalue weighted by Crippen LogP contribution is 2.49. The minimum atomic E-state index is -2.50. The first-order valence-electron chi connectivity index (χ1n) is 6.49. The van der Waals surface area contributed by atoms with E-state index in [9.17, 15) is 8.78 Å². The molecular formula is C14H15BF2N2. The molecule has 0 aliphatic heterocycles. The molecule has 2 aromatic rings. The molecule has 2 nitrogen and oxygen atoms in total. The number of aromatic nitrogens is 2. The maximum atomic E-state index is 13.2. The van der Waals surface area contributed by atoms with E-state index < -0.39 is 5.92 Å². The Labute approximate surface area is 111 Å². The zero-order valence-corrected chi connectivity index (χ0v) is 10.8. The van der Waals surface area contributed by atoms with Crippen molar-refractivity contribution in [3.63, 3.8) is 0 Å². The van der Waals surface area contributed by atoms with Gasteiger partial charge in [-0.3, -0.25) is 4.68 Å². The van der Waals surface area contributed by atoms with Crippen LogP contribution in [0.25, 0.3) is 0 Å². The zero-order valence-electron chi connectivity index (χ0n) is 10.8. The van der Waals surface area contributed by atoms with Crippen LogP contribution in [0.3, 0.4) is 0 Å². The molecule has 0 bridgehead atoms. The van der Waals surface area contributed by atoms with Crippen molar-refractivity contribution in [3.05, 3.63) is 48.3 Å². The van der Waals surface area contributed by atoms with Crippen molar-refractivity contribution >= 4 is 13.3 Å². The molecule has 1 atom stereocenters. The Hall–Kier alpha value is -1.65. The highest BCUT2D eigenvalue weighted by Gasteiger charge is 2.49. The van der Waals surface area contributed by atoms with E-state index in [1.165, 1.54) is 0 Å². The Kier molecular flexibility index (Phi) is 2.92. The summed E-state index contributed by atoms with van der Waals surface area (Å²) in [6, 6.07) is 9.69. The number of alkyl halides is 2. The fourth-order valence-corrected chi connectivity index (χ4v) is 2.81. The van der Waals surface area contributed by atoms with Crippen LogP contribution in [0.15, 0.2) is 42.7 Å². The summed E-state index contributed by atoms with van der Waals surface area (Å²) in [5.74, 6) is -2.54. The highest BCUT2D eigenvalue weighted by atomic mass is 19.3. The maximum absolute atomic E-state index is 13.2. The fraction of sp³-hybridized carbons (Fsp3) is 0.357. The summed E-state index contributed by atoms with van der Waals surface area (Å²) in [5, 5.41) is 4.31. The molecular weight excluding hydrogens is 245 g/mol. The number of hydrogen-bond acceptors (Lipinski definition) is 1. The maximum Gasteiger partial charge on any atom is 0.248 e. The molecule has 1 heterocycles. The molecule has 19 heavy (non-hydrogen) atoms. The zero-order chi connectivity index (χ0) is 13.5. The molecule has 98 valence electrons. The van der Waals surface area contributed by atoms with Crippen molar-refractivity contribution in [1.82, 2.24) is 9.78 Å². The van der Waals surface area contributed by atoms with Crippen LogP contribution in [0.1, 0.15) is 24.4 Å². The van der Waals surface area contributed by atoms with Gasteiger partial charge in [0.25, 0.3) is 0 Å². The number of rotatable bonds is 3. The predicted molar refractivity (Wildman–Crippen MR) is 72.7 cm³/mol. The Morgan fingerprint density at radius 1 is 1.26 bits per heavy atom. The number of halogens is 2. The van der Waals surface area contributed by atoms with Crippen molar-refractivity contribution in [3.8, 4) is 0 Å². The van der Waals surface area contributed by atoms with Gasteiger partial charge in [0.05, 0.1) is 6.04 Å². The Morgan fingerprint density at radius 3 is 2.47 bits per heavy atom. The molecule has 1 aliphatic rings. The van der Waals surface area contributed by atoms with E-state index in [0.29, 0.717) is 0 Å². The first-order valence-corrected chi connectivity index (χ1v) is 6.49. The Balaban J connectivity index is 1.93. The lowest BCUT2D eigenvalue weighted by Gasteiger charge is -2.40. The lowest BCUT2D eigenvalue weighted by atomic mass is 9.74. The quantitative estimate of drug-likeness (QED) is 0.769. The second kappa shape index (κ2) is 4.47. The molecule has 3 rings (SSSR count). The van der Waals surface area contributed by atoms with Gasteiger partial charge in [0.15, 0.2) is 0 Å². The molecule has 0 N–H and O–H groups in total. The smallest absolute Gasteiger partial charge is 0.248 e. The van der Waals surface area contributed by atoms with E-state index in [1.54, 1.807) is 6.20 Å². The van der Waals surface area contributed by atoms with Crippen LogP contribution in [-0.2, 0) is 0 Å². The van der Waals surface area contributed by atoms with Crippen LogP contribution in [0.5, 0.6) is 0 Å². The topological polar surface area (TPSA) is 17.8 Å². The fourth-order valence-electron chi connectivity index (χ4n) is 2.81. The summed E-state index contributed by atoms with van der Waals surface area (Å²) in [4.78, 5) is 0. The lowest BCUT2D eigenvalue weighted by molar-refractivity contribution is -0.120. The van der Waals surface area contributed by atoms with Crippen LogP contribution in [0, 0.1) is 5.92 Å². The average molecular weight is 260 g/mol. The first kappa shape index (κ1) is 12.4. The standard InChI is InChI=1S/C14H15BF2N2/c15-12-8-18-19(9-12)13(10-4-2-1-3-5-10)11-6-14(16,17)7-11/h1-5,8-9,11,13H,6-7,15H2. The number of nitrogens with zero attached hydrogens (tertiary/aromatic N) is 2. The van der Waals surface area contributed by atoms with Gasteiger partial charge in [0.2, 0.25) is 5.92 Å². The SMILES string of the molecule is Bc1cnn(C(c2ccccc2)C2CC(F)(F)C2)c1. The van der Waals surface area contributed by atoms with Gasteiger partial charge in [-0.15, -0.1) is 0 Å². The molecule has 0 saturated heterocycles. The minimum absolute atomic E-state index is 0.0447. The van der Waals surface area contributed by atoms with Crippen LogP contribution < -0.4 is 5.46 Å². The molecule has 1 saturated carbocycles. The van der Waals surface area contributed by atoms with Crippen molar-refractivity contribution in [2.24, 2.45) is 5.92 Å². The van der Waals surface area contributed by atoms with Gasteiger partial charge in [0, 0.05) is 25.2 Å². The summed E-state index contributed by atoms with van der Waals surface area (Å²) in [7, 11) is 1.96. The van der Waals surface area contributed by atoms with Crippen LogP contribution in [0.2, 0.25) is 0 Å². The number of hydrogen-bond donors (Lipinski definition) is 0. The van der Waals surface area contributed by atoms with Gasteiger partial charge in [-0.2, -0.15) is 5.10 Å². The van der Waals surface area contributed by atoms with Crippen LogP contribution >= 0.6 is 0 Å². The summed E-state index contributed by atoms with van der Waals surface area (Å²) in [6.07, 6.45) is 3.60. The molecule has 0 radical (unpaired) electrons. The highest BCUT2D eigenvalue weighted by molar-refractivity contribution is 6.31. The minimum Gasteiger partial charge on any atom is -0.266 e. The number of benzene rings is 1. The lowest BCUT2D eigenvalue weighted by Crippen LogP contribution is -2.41. The second-order valence-electron chi connectivity index (χ2n) is 5.38. The second-order valence-corrected chi connectivity index (χ2v) is 5.38. The van der Waals surface area contributed by atoms with Gasteiger partial charge in [-0.25, -0.2) is 8.78 Å². The Morgan fingerprint density at radius 2 is 1.95 bits per heavy atom. The average Bonchev–Trinajstić information content (AvgIpc) is 2.75. The summed E-state index contributed by atoms with van der Waals surface area (Å²) < 4.78 is 28.1. The van der Waals surface area contributed by atoms with E-state index >= 15 is 0 Å². The summed E-state index contributed by atoms with van der Waals surface area (Å²) >= 11 is 0. The van der Waals surface area contributed by atoms with E-state index in [1.807, 2.05) is 49.1 Å². The van der Waals surface area contributed by atoms with E-state index in [2.05, 4.69) is 5.10 Å². The van der Waals surface area contributed by atoms with Crippen LogP contribution in [0.4, 0.5) is 8.78 Å². The van der Waals surface area contributed by atoms with E-state index in [-0.39, 0.29) is 24.8 Å². The van der Waals surface area contributed by atoms with Crippen molar-refractivity contribution in [2.45, 2.75) is 24.8 Å². The monoisotopic (exact) mass is 260 g/mol. The van der Waals surface area contributed by atoms with Gasteiger partial charge in [-0.05, 0) is 11.5 Å². The third-order valence-corrected chi connectivity index (χ3v) is 3.72. The Bertz CT molecular complexity index is 560. The van der Waals surface area contributed by atoms with E-state index in [0.717, 1.165) is 11.0 Å². The third-order valence-electron chi connectivity index (χ3n) is 3.72. The van der Waals surface area contributed by atoms with Gasteiger partial charge in [0.1, 0.15) is 7.85 Å². The normalized spacial score (nSPS) is 19.9. The molecule has 5 heteroatoms. The third kappa shape index (κ3) is 2.42.